The molecule has 1 rings (SSSR count). The highest BCUT2D eigenvalue weighted by Gasteiger charge is 2.34. The number of rotatable bonds is 8. The van der Waals surface area contributed by atoms with Gasteiger partial charge in [0.2, 0.25) is 0 Å². The number of nitrogens with two attached hydrogens (primary N) is 1. The Labute approximate surface area is 129 Å². The minimum absolute atomic E-state index is 0.0715. The lowest BCUT2D eigenvalue weighted by Crippen LogP contribution is -2.52. The van der Waals surface area contributed by atoms with Gasteiger partial charge in [0.1, 0.15) is 0 Å². The molecule has 0 fully saturated rings. The first-order valence-electron chi connectivity index (χ1n) is 7.69. The van der Waals surface area contributed by atoms with Gasteiger partial charge in [-0.15, -0.1) is 0 Å². The molecule has 0 aliphatic carbocycles. The van der Waals surface area contributed by atoms with Gasteiger partial charge < -0.3 is 5.73 Å². The smallest absolute Gasteiger partial charge is 0.0453 e. The first kappa shape index (κ1) is 17.5. The minimum atomic E-state index is 0.0715. The van der Waals surface area contributed by atoms with E-state index in [4.69, 9.17) is 17.3 Å². The highest BCUT2D eigenvalue weighted by Crippen LogP contribution is 2.35. The Kier molecular flexibility index (Phi) is 7.01. The minimum Gasteiger partial charge on any atom is -0.329 e. The molecule has 0 aliphatic rings. The molecule has 0 aliphatic heterocycles. The van der Waals surface area contributed by atoms with Crippen molar-refractivity contribution in [1.29, 1.82) is 0 Å². The Morgan fingerprint density at radius 2 is 1.75 bits per heavy atom. The largest absolute Gasteiger partial charge is 0.329 e. The van der Waals surface area contributed by atoms with Crippen molar-refractivity contribution < 1.29 is 0 Å². The maximum absolute atomic E-state index is 6.35. The van der Waals surface area contributed by atoms with Crippen LogP contribution >= 0.6 is 11.6 Å². The van der Waals surface area contributed by atoms with Crippen LogP contribution in [0.25, 0.3) is 0 Å². The lowest BCUT2D eigenvalue weighted by Gasteiger charge is -2.45. The van der Waals surface area contributed by atoms with E-state index >= 15 is 0 Å². The zero-order chi connectivity index (χ0) is 15.2. The molecule has 0 saturated heterocycles. The average molecular weight is 297 g/mol. The van der Waals surface area contributed by atoms with E-state index in [1.54, 1.807) is 0 Å². The molecule has 0 radical (unpaired) electrons. The summed E-state index contributed by atoms with van der Waals surface area (Å²) in [5, 5.41) is 0.839. The van der Waals surface area contributed by atoms with Gasteiger partial charge in [-0.05, 0) is 38.4 Å². The summed E-state index contributed by atoms with van der Waals surface area (Å²) in [6.45, 7) is 7.37. The fourth-order valence-electron chi connectivity index (χ4n) is 3.19. The monoisotopic (exact) mass is 296 g/mol. The molecule has 20 heavy (non-hydrogen) atoms. The number of likely N-dealkylation sites (N-methyl/N-ethyl adjacent to an activating group) is 1. The predicted molar refractivity (Wildman–Crippen MR) is 89.2 cm³/mol. The Balaban J connectivity index is 3.05. The number of hydrogen-bond donors (Lipinski definition) is 1. The molecule has 2 nitrogen and oxygen atoms in total. The van der Waals surface area contributed by atoms with Crippen LogP contribution in [0.1, 0.15) is 58.1 Å². The predicted octanol–water partition coefficient (Wildman–Crippen LogP) is 4.63. The van der Waals surface area contributed by atoms with E-state index in [2.05, 4.69) is 44.9 Å². The summed E-state index contributed by atoms with van der Waals surface area (Å²) in [4.78, 5) is 2.43. The Morgan fingerprint density at radius 3 is 2.20 bits per heavy atom. The van der Waals surface area contributed by atoms with Gasteiger partial charge in [-0.1, -0.05) is 56.5 Å². The second-order valence-corrected chi connectivity index (χ2v) is 6.14. The molecule has 0 heterocycles. The van der Waals surface area contributed by atoms with E-state index in [1.807, 2.05) is 12.1 Å². The van der Waals surface area contributed by atoms with Crippen LogP contribution in [-0.4, -0.2) is 24.0 Å². The van der Waals surface area contributed by atoms with Gasteiger partial charge in [-0.3, -0.25) is 4.90 Å². The van der Waals surface area contributed by atoms with Crippen molar-refractivity contribution in [3.8, 4) is 0 Å². The van der Waals surface area contributed by atoms with Gasteiger partial charge in [-0.25, -0.2) is 0 Å². The van der Waals surface area contributed by atoms with E-state index in [0.717, 1.165) is 30.7 Å². The molecule has 0 aromatic heterocycles. The Bertz CT molecular complexity index is 400. The van der Waals surface area contributed by atoms with Crippen LogP contribution in [-0.2, 0) is 0 Å². The maximum atomic E-state index is 6.35. The molecule has 1 aromatic rings. The topological polar surface area (TPSA) is 29.3 Å². The number of benzene rings is 1. The summed E-state index contributed by atoms with van der Waals surface area (Å²) < 4.78 is 0. The van der Waals surface area contributed by atoms with E-state index in [9.17, 15) is 0 Å². The third-order valence-corrected chi connectivity index (χ3v) is 4.84. The number of halogens is 1. The third kappa shape index (κ3) is 3.75. The lowest BCUT2D eigenvalue weighted by atomic mass is 9.85. The van der Waals surface area contributed by atoms with Gasteiger partial charge >= 0.3 is 0 Å². The highest BCUT2D eigenvalue weighted by atomic mass is 35.5. The van der Waals surface area contributed by atoms with Crippen LogP contribution in [0, 0.1) is 0 Å². The van der Waals surface area contributed by atoms with Gasteiger partial charge in [0.05, 0.1) is 0 Å². The van der Waals surface area contributed by atoms with Gasteiger partial charge in [0.25, 0.3) is 0 Å². The molecule has 1 atom stereocenters. The number of nitrogens with zero attached hydrogens (tertiary/aromatic N) is 1. The standard InChI is InChI=1S/C17H29ClN2/c1-5-11-17(13-19,12-6-2)20(4)14(3)15-9-7-8-10-16(15)18/h7-10,14H,5-6,11-13,19H2,1-4H3. The molecular weight excluding hydrogens is 268 g/mol. The zero-order valence-corrected chi connectivity index (χ0v) is 14.1. The molecule has 3 heteroatoms. The molecule has 1 unspecified atom stereocenters. The van der Waals surface area contributed by atoms with Crippen LogP contribution in [0.5, 0.6) is 0 Å². The van der Waals surface area contributed by atoms with E-state index in [0.29, 0.717) is 6.54 Å². The summed E-state index contributed by atoms with van der Waals surface area (Å²) in [6, 6.07) is 8.38. The van der Waals surface area contributed by atoms with Crippen molar-refractivity contribution in [2.75, 3.05) is 13.6 Å². The lowest BCUT2D eigenvalue weighted by molar-refractivity contribution is 0.0657. The van der Waals surface area contributed by atoms with E-state index in [-0.39, 0.29) is 11.6 Å². The maximum Gasteiger partial charge on any atom is 0.0453 e. The third-order valence-electron chi connectivity index (χ3n) is 4.50. The molecule has 114 valence electrons. The summed E-state index contributed by atoms with van der Waals surface area (Å²) in [5.41, 5.74) is 7.41. The van der Waals surface area contributed by atoms with E-state index < -0.39 is 0 Å². The van der Waals surface area contributed by atoms with Crippen molar-refractivity contribution in [3.05, 3.63) is 34.9 Å². The van der Waals surface area contributed by atoms with Crippen LogP contribution in [0.4, 0.5) is 0 Å². The molecular formula is C17H29ClN2. The zero-order valence-electron chi connectivity index (χ0n) is 13.3. The van der Waals surface area contributed by atoms with Crippen molar-refractivity contribution in [3.63, 3.8) is 0 Å². The fraction of sp³-hybridized carbons (Fsp3) is 0.647. The van der Waals surface area contributed by atoms with Gasteiger partial charge in [-0.2, -0.15) is 0 Å². The SMILES string of the molecule is CCCC(CN)(CCC)N(C)C(C)c1ccccc1Cl. The average Bonchev–Trinajstić information content (AvgIpc) is 2.46. The summed E-state index contributed by atoms with van der Waals surface area (Å²) in [6.07, 6.45) is 4.55. The first-order chi connectivity index (χ1) is 9.52. The molecule has 0 saturated carbocycles. The Morgan fingerprint density at radius 1 is 1.20 bits per heavy atom. The van der Waals surface area contributed by atoms with Gasteiger partial charge in [0, 0.05) is 23.1 Å². The van der Waals surface area contributed by atoms with Crippen LogP contribution in [0.15, 0.2) is 24.3 Å². The van der Waals surface area contributed by atoms with Crippen LogP contribution < -0.4 is 5.73 Å². The second kappa shape index (κ2) is 8.02. The molecule has 0 bridgehead atoms. The number of hydrogen-bond acceptors (Lipinski definition) is 2. The quantitative estimate of drug-likeness (QED) is 0.758. The van der Waals surface area contributed by atoms with Crippen LogP contribution in [0.2, 0.25) is 5.02 Å². The van der Waals surface area contributed by atoms with Crippen molar-refractivity contribution in [1.82, 2.24) is 4.90 Å². The molecule has 0 spiro atoms. The summed E-state index contributed by atoms with van der Waals surface area (Å²) in [7, 11) is 2.19. The highest BCUT2D eigenvalue weighted by molar-refractivity contribution is 6.31. The van der Waals surface area contributed by atoms with Crippen molar-refractivity contribution in [2.45, 2.75) is 58.0 Å². The Hall–Kier alpha value is -0.570. The van der Waals surface area contributed by atoms with Crippen molar-refractivity contribution in [2.24, 2.45) is 5.73 Å². The summed E-state index contributed by atoms with van der Waals surface area (Å²) in [5.74, 6) is 0. The fourth-order valence-corrected chi connectivity index (χ4v) is 3.48. The van der Waals surface area contributed by atoms with E-state index in [1.165, 1.54) is 5.56 Å². The second-order valence-electron chi connectivity index (χ2n) is 5.74. The van der Waals surface area contributed by atoms with Gasteiger partial charge in [0.15, 0.2) is 0 Å². The molecule has 1 aromatic carbocycles. The van der Waals surface area contributed by atoms with Crippen LogP contribution in [0.3, 0.4) is 0 Å². The molecule has 0 amide bonds. The molecule has 2 N–H and O–H groups in total. The first-order valence-corrected chi connectivity index (χ1v) is 8.07. The normalized spacial score (nSPS) is 13.8. The summed E-state index contributed by atoms with van der Waals surface area (Å²) >= 11 is 6.35. The van der Waals surface area contributed by atoms with Crippen molar-refractivity contribution >= 4 is 11.6 Å².